The van der Waals surface area contributed by atoms with Crippen LogP contribution in [0.5, 0.6) is 0 Å². The maximum Gasteiger partial charge on any atom is 0.339 e. The summed E-state index contributed by atoms with van der Waals surface area (Å²) < 4.78 is 33.4. The van der Waals surface area contributed by atoms with Gasteiger partial charge in [0, 0.05) is 18.8 Å². The average Bonchev–Trinajstić information content (AvgIpc) is 3.21. The summed E-state index contributed by atoms with van der Waals surface area (Å²) in [5.41, 5.74) is 2.03. The molecule has 8 heteroatoms. The second kappa shape index (κ2) is 8.87. The lowest BCUT2D eigenvalue weighted by Gasteiger charge is -2.20. The van der Waals surface area contributed by atoms with Crippen LogP contribution in [0, 0.1) is 13.8 Å². The molecule has 0 saturated carbocycles. The summed E-state index contributed by atoms with van der Waals surface area (Å²) in [6.07, 6.45) is 0.958. The number of ether oxygens (including phenoxy) is 1. The summed E-state index contributed by atoms with van der Waals surface area (Å²) >= 11 is 0. The predicted molar refractivity (Wildman–Crippen MR) is 114 cm³/mol. The molecule has 160 valence electrons. The maximum absolute atomic E-state index is 12.8. The molecule has 1 heterocycles. The number of hydrogen-bond acceptors (Lipinski definition) is 5. The molecular formula is C22H26N2O5S. The van der Waals surface area contributed by atoms with E-state index >= 15 is 0 Å². The minimum absolute atomic E-state index is 0.0555. The number of anilines is 1. The maximum atomic E-state index is 12.8. The topological polar surface area (TPSA) is 92.8 Å². The summed E-state index contributed by atoms with van der Waals surface area (Å²) in [5, 5.41) is 0. The zero-order valence-corrected chi connectivity index (χ0v) is 18.2. The van der Waals surface area contributed by atoms with Crippen molar-refractivity contribution in [2.45, 2.75) is 44.6 Å². The largest absolute Gasteiger partial charge is 0.449 e. The highest BCUT2D eigenvalue weighted by molar-refractivity contribution is 7.92. The van der Waals surface area contributed by atoms with Crippen LogP contribution in [-0.2, 0) is 19.6 Å². The summed E-state index contributed by atoms with van der Waals surface area (Å²) in [5.74, 6) is -0.955. The molecule has 3 rings (SSSR count). The van der Waals surface area contributed by atoms with Gasteiger partial charge in [-0.2, -0.15) is 0 Å². The second-order valence-electron chi connectivity index (χ2n) is 7.53. The van der Waals surface area contributed by atoms with Crippen molar-refractivity contribution in [3.05, 3.63) is 59.2 Å². The lowest BCUT2D eigenvalue weighted by molar-refractivity contribution is -0.138. The van der Waals surface area contributed by atoms with Gasteiger partial charge in [-0.1, -0.05) is 18.2 Å². The van der Waals surface area contributed by atoms with Crippen molar-refractivity contribution in [3.63, 3.8) is 0 Å². The highest BCUT2D eigenvalue weighted by Crippen LogP contribution is 2.21. The van der Waals surface area contributed by atoms with E-state index in [0.29, 0.717) is 24.3 Å². The highest BCUT2D eigenvalue weighted by atomic mass is 32.2. The highest BCUT2D eigenvalue weighted by Gasteiger charge is 2.27. The number of benzene rings is 2. The molecule has 0 bridgehead atoms. The summed E-state index contributed by atoms with van der Waals surface area (Å²) in [4.78, 5) is 26.7. The van der Waals surface area contributed by atoms with Crippen molar-refractivity contribution in [3.8, 4) is 0 Å². The van der Waals surface area contributed by atoms with Gasteiger partial charge in [0.1, 0.15) is 0 Å². The number of nitrogens with zero attached hydrogens (tertiary/aromatic N) is 1. The molecule has 1 amide bonds. The van der Waals surface area contributed by atoms with Gasteiger partial charge < -0.3 is 9.64 Å². The van der Waals surface area contributed by atoms with Gasteiger partial charge >= 0.3 is 5.97 Å². The van der Waals surface area contributed by atoms with Gasteiger partial charge in [0.25, 0.3) is 15.9 Å². The Balaban J connectivity index is 1.78. The number of hydrogen-bond donors (Lipinski definition) is 1. The molecule has 1 atom stereocenters. The van der Waals surface area contributed by atoms with Crippen LogP contribution in [0.3, 0.4) is 0 Å². The van der Waals surface area contributed by atoms with E-state index in [1.807, 2.05) is 13.0 Å². The Labute approximate surface area is 177 Å². The van der Waals surface area contributed by atoms with Crippen LogP contribution in [-0.4, -0.2) is 44.4 Å². The zero-order valence-electron chi connectivity index (χ0n) is 17.3. The van der Waals surface area contributed by atoms with Crippen molar-refractivity contribution in [2.24, 2.45) is 0 Å². The molecule has 1 unspecified atom stereocenters. The van der Waals surface area contributed by atoms with E-state index in [0.717, 1.165) is 18.4 Å². The molecule has 2 aromatic rings. The van der Waals surface area contributed by atoms with Crippen LogP contribution in [0.2, 0.25) is 0 Å². The average molecular weight is 431 g/mol. The van der Waals surface area contributed by atoms with Gasteiger partial charge in [0.05, 0.1) is 10.5 Å². The number of likely N-dealkylation sites (tertiary alicyclic amines) is 1. The SMILES string of the molecule is Cc1cccc(NS(=O)(=O)c2ccc(C)c(C(=O)OC(C)C(=O)N3CCCC3)c2)c1. The first kappa shape index (κ1) is 21.8. The molecular weight excluding hydrogens is 404 g/mol. The number of carbonyl (C=O) groups is 2. The standard InChI is InChI=1S/C22H26N2O5S/c1-15-7-6-8-18(13-15)23-30(27,28)19-10-9-16(2)20(14-19)22(26)29-17(3)21(25)24-11-4-5-12-24/h6-10,13-14,17,23H,4-5,11-12H2,1-3H3. The van der Waals surface area contributed by atoms with Crippen molar-refractivity contribution >= 4 is 27.6 Å². The molecule has 0 aliphatic carbocycles. The minimum atomic E-state index is -3.89. The fourth-order valence-corrected chi connectivity index (χ4v) is 4.46. The van der Waals surface area contributed by atoms with E-state index in [1.165, 1.54) is 19.1 Å². The number of sulfonamides is 1. The van der Waals surface area contributed by atoms with Gasteiger partial charge in [-0.3, -0.25) is 9.52 Å². The number of rotatable bonds is 6. The lowest BCUT2D eigenvalue weighted by atomic mass is 10.1. The molecule has 0 aromatic heterocycles. The molecule has 30 heavy (non-hydrogen) atoms. The van der Waals surface area contributed by atoms with Crippen LogP contribution in [0.15, 0.2) is 47.4 Å². The van der Waals surface area contributed by atoms with Crippen LogP contribution >= 0.6 is 0 Å². The van der Waals surface area contributed by atoms with E-state index in [9.17, 15) is 18.0 Å². The van der Waals surface area contributed by atoms with E-state index < -0.39 is 22.1 Å². The van der Waals surface area contributed by atoms with Crippen molar-refractivity contribution < 1.29 is 22.7 Å². The first-order chi connectivity index (χ1) is 14.2. The van der Waals surface area contributed by atoms with Gasteiger partial charge in [0.2, 0.25) is 0 Å². The minimum Gasteiger partial charge on any atom is -0.449 e. The number of amides is 1. The van der Waals surface area contributed by atoms with E-state index in [-0.39, 0.29) is 16.4 Å². The Bertz CT molecular complexity index is 1060. The molecule has 1 saturated heterocycles. The fraction of sp³-hybridized carbons (Fsp3) is 0.364. The molecule has 1 fully saturated rings. The quantitative estimate of drug-likeness (QED) is 0.710. The Morgan fingerprint density at radius 2 is 1.77 bits per heavy atom. The van der Waals surface area contributed by atoms with E-state index in [2.05, 4.69) is 4.72 Å². The Kier molecular flexibility index (Phi) is 6.45. The number of aryl methyl sites for hydroxylation is 2. The summed E-state index contributed by atoms with van der Waals surface area (Å²) in [6.45, 7) is 6.42. The van der Waals surface area contributed by atoms with Crippen molar-refractivity contribution in [2.75, 3.05) is 17.8 Å². The monoisotopic (exact) mass is 430 g/mol. The van der Waals surface area contributed by atoms with Gasteiger partial charge in [-0.25, -0.2) is 13.2 Å². The summed E-state index contributed by atoms with van der Waals surface area (Å²) in [7, 11) is -3.89. The molecule has 1 N–H and O–H groups in total. The van der Waals surface area contributed by atoms with Crippen LogP contribution in [0.1, 0.15) is 41.3 Å². The first-order valence-corrected chi connectivity index (χ1v) is 11.4. The molecule has 2 aromatic carbocycles. The first-order valence-electron chi connectivity index (χ1n) is 9.87. The summed E-state index contributed by atoms with van der Waals surface area (Å²) in [6, 6.07) is 11.2. The number of nitrogens with one attached hydrogen (secondary N) is 1. The van der Waals surface area contributed by atoms with Gasteiger partial charge in [-0.05, 0) is 69.0 Å². The molecule has 7 nitrogen and oxygen atoms in total. The Morgan fingerprint density at radius 3 is 2.43 bits per heavy atom. The third-order valence-corrected chi connectivity index (χ3v) is 6.44. The molecule has 0 radical (unpaired) electrons. The Hall–Kier alpha value is -2.87. The molecule has 1 aliphatic rings. The van der Waals surface area contributed by atoms with Crippen LogP contribution in [0.25, 0.3) is 0 Å². The van der Waals surface area contributed by atoms with Crippen LogP contribution in [0.4, 0.5) is 5.69 Å². The fourth-order valence-electron chi connectivity index (χ4n) is 3.38. The van der Waals surface area contributed by atoms with Gasteiger partial charge in [-0.15, -0.1) is 0 Å². The van der Waals surface area contributed by atoms with E-state index in [4.69, 9.17) is 4.74 Å². The Morgan fingerprint density at radius 1 is 1.07 bits per heavy atom. The van der Waals surface area contributed by atoms with Crippen molar-refractivity contribution in [1.29, 1.82) is 0 Å². The van der Waals surface area contributed by atoms with Crippen LogP contribution < -0.4 is 4.72 Å². The van der Waals surface area contributed by atoms with Crippen molar-refractivity contribution in [1.82, 2.24) is 4.90 Å². The third kappa shape index (κ3) is 4.99. The third-order valence-electron chi connectivity index (χ3n) is 5.06. The number of carbonyl (C=O) groups excluding carboxylic acids is 2. The normalized spacial score (nSPS) is 15.0. The lowest BCUT2D eigenvalue weighted by Crippen LogP contribution is -2.38. The smallest absolute Gasteiger partial charge is 0.339 e. The zero-order chi connectivity index (χ0) is 21.9. The predicted octanol–water partition coefficient (Wildman–Crippen LogP) is 3.27. The molecule has 0 spiro atoms. The number of esters is 1. The van der Waals surface area contributed by atoms with Gasteiger partial charge in [0.15, 0.2) is 6.10 Å². The van der Waals surface area contributed by atoms with E-state index in [1.54, 1.807) is 36.1 Å². The second-order valence-corrected chi connectivity index (χ2v) is 9.21. The molecule has 1 aliphatic heterocycles.